The van der Waals surface area contributed by atoms with E-state index in [0.717, 1.165) is 0 Å². The number of aryl methyl sites for hydroxylation is 1. The van der Waals surface area contributed by atoms with Crippen molar-refractivity contribution in [1.82, 2.24) is 14.8 Å². The standard InChI is InChI=1S/C8H15N3O2/c1-4-12-8(13-5-2)7-10-9-6-11(7)3/h6,8H,4-5H2,1-3H3. The molecular formula is C8H15N3O2. The molecule has 0 saturated carbocycles. The van der Waals surface area contributed by atoms with Gasteiger partial charge in [0.2, 0.25) is 6.29 Å². The zero-order valence-corrected chi connectivity index (χ0v) is 8.23. The maximum absolute atomic E-state index is 5.36. The summed E-state index contributed by atoms with van der Waals surface area (Å²) in [5.41, 5.74) is 0. The van der Waals surface area contributed by atoms with E-state index in [9.17, 15) is 0 Å². The first kappa shape index (κ1) is 10.1. The molecule has 0 saturated heterocycles. The van der Waals surface area contributed by atoms with Crippen molar-refractivity contribution in [2.24, 2.45) is 7.05 Å². The Morgan fingerprint density at radius 1 is 1.38 bits per heavy atom. The third kappa shape index (κ3) is 2.50. The number of ether oxygens (including phenoxy) is 2. The molecule has 74 valence electrons. The van der Waals surface area contributed by atoms with Crippen LogP contribution in [0.2, 0.25) is 0 Å². The molecule has 0 radical (unpaired) electrons. The third-order valence-electron chi connectivity index (χ3n) is 1.59. The van der Waals surface area contributed by atoms with Crippen molar-refractivity contribution in [3.8, 4) is 0 Å². The summed E-state index contributed by atoms with van der Waals surface area (Å²) in [5.74, 6) is 0.698. The van der Waals surface area contributed by atoms with E-state index in [4.69, 9.17) is 9.47 Å². The smallest absolute Gasteiger partial charge is 0.219 e. The van der Waals surface area contributed by atoms with Crippen molar-refractivity contribution in [3.05, 3.63) is 12.2 Å². The molecule has 1 aromatic rings. The van der Waals surface area contributed by atoms with Gasteiger partial charge in [-0.3, -0.25) is 0 Å². The zero-order chi connectivity index (χ0) is 9.68. The molecule has 0 amide bonds. The molecule has 0 atom stereocenters. The molecule has 0 aliphatic rings. The van der Waals surface area contributed by atoms with Crippen LogP contribution in [0, 0.1) is 0 Å². The van der Waals surface area contributed by atoms with E-state index < -0.39 is 6.29 Å². The Morgan fingerprint density at radius 3 is 2.38 bits per heavy atom. The van der Waals surface area contributed by atoms with Gasteiger partial charge in [-0.1, -0.05) is 0 Å². The monoisotopic (exact) mass is 185 g/mol. The Morgan fingerprint density at radius 2 is 2.00 bits per heavy atom. The van der Waals surface area contributed by atoms with Crippen molar-refractivity contribution >= 4 is 0 Å². The number of aromatic nitrogens is 3. The van der Waals surface area contributed by atoms with Crippen LogP contribution in [0.15, 0.2) is 6.33 Å². The first-order valence-corrected chi connectivity index (χ1v) is 4.36. The summed E-state index contributed by atoms with van der Waals surface area (Å²) >= 11 is 0. The first-order chi connectivity index (χ1) is 6.29. The molecule has 13 heavy (non-hydrogen) atoms. The first-order valence-electron chi connectivity index (χ1n) is 4.36. The van der Waals surface area contributed by atoms with Crippen LogP contribution in [0.25, 0.3) is 0 Å². The van der Waals surface area contributed by atoms with E-state index in [1.807, 2.05) is 20.9 Å². The van der Waals surface area contributed by atoms with Gasteiger partial charge in [0.1, 0.15) is 6.33 Å². The molecule has 0 N–H and O–H groups in total. The summed E-state index contributed by atoms with van der Waals surface area (Å²) < 4.78 is 12.5. The molecule has 1 rings (SSSR count). The lowest BCUT2D eigenvalue weighted by Gasteiger charge is -2.15. The van der Waals surface area contributed by atoms with E-state index in [-0.39, 0.29) is 0 Å². The number of rotatable bonds is 5. The molecule has 0 unspecified atom stereocenters. The third-order valence-corrected chi connectivity index (χ3v) is 1.59. The Kier molecular flexibility index (Phi) is 3.85. The molecule has 0 spiro atoms. The van der Waals surface area contributed by atoms with E-state index in [0.29, 0.717) is 19.0 Å². The summed E-state index contributed by atoms with van der Waals surface area (Å²) in [7, 11) is 1.86. The molecule has 1 aromatic heterocycles. The summed E-state index contributed by atoms with van der Waals surface area (Å²) in [4.78, 5) is 0. The fourth-order valence-corrected chi connectivity index (χ4v) is 1.01. The molecule has 0 fully saturated rings. The van der Waals surface area contributed by atoms with Crippen molar-refractivity contribution in [2.45, 2.75) is 20.1 Å². The normalized spacial score (nSPS) is 11.1. The summed E-state index contributed by atoms with van der Waals surface area (Å²) in [5, 5.41) is 7.68. The predicted octanol–water partition coefficient (Wildman–Crippen LogP) is 0.887. The molecular weight excluding hydrogens is 170 g/mol. The van der Waals surface area contributed by atoms with E-state index in [1.54, 1.807) is 10.9 Å². The maximum atomic E-state index is 5.36. The molecule has 0 bridgehead atoms. The topological polar surface area (TPSA) is 49.2 Å². The van der Waals surface area contributed by atoms with Crippen LogP contribution in [-0.4, -0.2) is 28.0 Å². The van der Waals surface area contributed by atoms with Crippen molar-refractivity contribution in [3.63, 3.8) is 0 Å². The predicted molar refractivity (Wildman–Crippen MR) is 47.0 cm³/mol. The summed E-state index contributed by atoms with van der Waals surface area (Å²) in [6, 6.07) is 0. The maximum Gasteiger partial charge on any atom is 0.219 e. The van der Waals surface area contributed by atoms with E-state index >= 15 is 0 Å². The average Bonchev–Trinajstić information content (AvgIpc) is 2.51. The average molecular weight is 185 g/mol. The van der Waals surface area contributed by atoms with Crippen LogP contribution in [0.5, 0.6) is 0 Å². The summed E-state index contributed by atoms with van der Waals surface area (Å²) in [6.45, 7) is 5.03. The molecule has 0 aliphatic heterocycles. The van der Waals surface area contributed by atoms with Gasteiger partial charge in [0.15, 0.2) is 5.82 Å². The van der Waals surface area contributed by atoms with Crippen LogP contribution in [0.3, 0.4) is 0 Å². The Labute approximate surface area is 77.7 Å². The van der Waals surface area contributed by atoms with Gasteiger partial charge < -0.3 is 14.0 Å². The second-order valence-electron chi connectivity index (χ2n) is 2.54. The lowest BCUT2D eigenvalue weighted by atomic mass is 10.5. The highest BCUT2D eigenvalue weighted by atomic mass is 16.7. The van der Waals surface area contributed by atoms with Crippen LogP contribution in [-0.2, 0) is 16.5 Å². The highest BCUT2D eigenvalue weighted by Gasteiger charge is 2.16. The van der Waals surface area contributed by atoms with Crippen molar-refractivity contribution < 1.29 is 9.47 Å². The van der Waals surface area contributed by atoms with Gasteiger partial charge in [0.25, 0.3) is 0 Å². The van der Waals surface area contributed by atoms with Gasteiger partial charge in [-0.05, 0) is 13.8 Å². The van der Waals surface area contributed by atoms with Gasteiger partial charge in [-0.15, -0.1) is 10.2 Å². The fourth-order valence-electron chi connectivity index (χ4n) is 1.01. The van der Waals surface area contributed by atoms with Gasteiger partial charge >= 0.3 is 0 Å². The molecule has 1 heterocycles. The fraction of sp³-hybridized carbons (Fsp3) is 0.750. The van der Waals surface area contributed by atoms with Gasteiger partial charge in [-0.25, -0.2) is 0 Å². The van der Waals surface area contributed by atoms with E-state index in [2.05, 4.69) is 10.2 Å². The highest BCUT2D eigenvalue weighted by molar-refractivity contribution is 4.86. The molecule has 5 nitrogen and oxygen atoms in total. The molecule has 0 aliphatic carbocycles. The highest BCUT2D eigenvalue weighted by Crippen LogP contribution is 2.14. The Balaban J connectivity index is 2.69. The van der Waals surface area contributed by atoms with Crippen LogP contribution >= 0.6 is 0 Å². The molecule has 5 heteroatoms. The van der Waals surface area contributed by atoms with Gasteiger partial charge in [0.05, 0.1) is 0 Å². The minimum absolute atomic E-state index is 0.400. The second kappa shape index (κ2) is 4.94. The number of nitrogens with zero attached hydrogens (tertiary/aromatic N) is 3. The van der Waals surface area contributed by atoms with Crippen LogP contribution in [0.1, 0.15) is 26.0 Å². The quantitative estimate of drug-likeness (QED) is 0.639. The minimum Gasteiger partial charge on any atom is -0.346 e. The Hall–Kier alpha value is -0.940. The number of hydrogen-bond donors (Lipinski definition) is 0. The van der Waals surface area contributed by atoms with Crippen LogP contribution < -0.4 is 0 Å². The summed E-state index contributed by atoms with van der Waals surface area (Å²) in [6.07, 6.45) is 1.22. The zero-order valence-electron chi connectivity index (χ0n) is 8.23. The minimum atomic E-state index is -0.400. The Bertz CT molecular complexity index is 243. The van der Waals surface area contributed by atoms with Gasteiger partial charge in [0, 0.05) is 20.3 Å². The van der Waals surface area contributed by atoms with Crippen molar-refractivity contribution in [1.29, 1.82) is 0 Å². The lowest BCUT2D eigenvalue weighted by molar-refractivity contribution is -0.146. The second-order valence-corrected chi connectivity index (χ2v) is 2.54. The lowest BCUT2D eigenvalue weighted by Crippen LogP contribution is -2.13. The van der Waals surface area contributed by atoms with E-state index in [1.165, 1.54) is 0 Å². The SMILES string of the molecule is CCOC(OCC)c1nncn1C. The van der Waals surface area contributed by atoms with Gasteiger partial charge in [-0.2, -0.15) is 0 Å². The largest absolute Gasteiger partial charge is 0.346 e. The molecule has 0 aromatic carbocycles. The number of hydrogen-bond acceptors (Lipinski definition) is 4. The van der Waals surface area contributed by atoms with Crippen molar-refractivity contribution in [2.75, 3.05) is 13.2 Å². The van der Waals surface area contributed by atoms with Crippen LogP contribution in [0.4, 0.5) is 0 Å².